The second kappa shape index (κ2) is 5.56. The highest BCUT2D eigenvalue weighted by Crippen LogP contribution is 2.26. The van der Waals surface area contributed by atoms with Crippen LogP contribution in [0.3, 0.4) is 0 Å². The second-order valence-corrected chi connectivity index (χ2v) is 4.66. The number of rotatable bonds is 5. The number of hydrogen-bond acceptors (Lipinski definition) is 1. The molecule has 0 saturated heterocycles. The molecular weight excluding hydrogens is 232 g/mol. The van der Waals surface area contributed by atoms with E-state index in [1.165, 1.54) is 10.9 Å². The van der Waals surface area contributed by atoms with E-state index in [4.69, 9.17) is 11.6 Å². The minimum atomic E-state index is 0.846. The third kappa shape index (κ3) is 2.64. The molecule has 2 nitrogen and oxygen atoms in total. The summed E-state index contributed by atoms with van der Waals surface area (Å²) in [6.45, 7) is 7.70. The fourth-order valence-corrected chi connectivity index (χ4v) is 2.52. The Bertz CT molecular complexity index is 486. The smallest absolute Gasteiger partial charge is 0.0502 e. The van der Waals surface area contributed by atoms with Crippen molar-refractivity contribution in [2.24, 2.45) is 0 Å². The Morgan fingerprint density at radius 1 is 1.24 bits per heavy atom. The van der Waals surface area contributed by atoms with E-state index in [-0.39, 0.29) is 0 Å². The number of benzene rings is 1. The van der Waals surface area contributed by atoms with Gasteiger partial charge in [-0.25, -0.2) is 0 Å². The summed E-state index contributed by atoms with van der Waals surface area (Å²) >= 11 is 6.25. The maximum atomic E-state index is 6.25. The van der Waals surface area contributed by atoms with Crippen molar-refractivity contribution >= 4 is 22.5 Å². The van der Waals surface area contributed by atoms with Gasteiger partial charge in [0.05, 0.1) is 5.02 Å². The average molecular weight is 251 g/mol. The van der Waals surface area contributed by atoms with E-state index in [1.54, 1.807) is 0 Å². The Morgan fingerprint density at radius 2 is 2.00 bits per heavy atom. The molecule has 0 radical (unpaired) electrons. The highest BCUT2D eigenvalue weighted by molar-refractivity contribution is 6.35. The normalized spacial score (nSPS) is 11.5. The molecule has 0 atom stereocenters. The van der Waals surface area contributed by atoms with E-state index >= 15 is 0 Å². The van der Waals surface area contributed by atoms with Crippen LogP contribution < -0.4 is 0 Å². The summed E-state index contributed by atoms with van der Waals surface area (Å²) in [4.78, 5) is 5.71. The molecule has 0 aliphatic carbocycles. The number of nitrogens with one attached hydrogen (secondary N) is 1. The van der Waals surface area contributed by atoms with Crippen molar-refractivity contribution in [1.29, 1.82) is 0 Å². The lowest BCUT2D eigenvalue weighted by Gasteiger charge is -2.17. The monoisotopic (exact) mass is 250 g/mol. The number of aromatic amines is 1. The van der Waals surface area contributed by atoms with E-state index < -0.39 is 0 Å². The molecule has 2 rings (SSSR count). The van der Waals surface area contributed by atoms with E-state index in [9.17, 15) is 0 Å². The average Bonchev–Trinajstić information content (AvgIpc) is 2.75. The molecule has 0 spiro atoms. The zero-order chi connectivity index (χ0) is 12.3. The molecule has 0 unspecified atom stereocenters. The van der Waals surface area contributed by atoms with Gasteiger partial charge < -0.3 is 9.88 Å². The largest absolute Gasteiger partial charge is 0.361 e. The number of aromatic nitrogens is 1. The van der Waals surface area contributed by atoms with Crippen molar-refractivity contribution in [3.05, 3.63) is 35.0 Å². The summed E-state index contributed by atoms with van der Waals surface area (Å²) in [6.07, 6.45) is 3.13. The van der Waals surface area contributed by atoms with Crippen LogP contribution in [0, 0.1) is 0 Å². The number of hydrogen-bond donors (Lipinski definition) is 1. The number of H-pyrrole nitrogens is 1. The van der Waals surface area contributed by atoms with Crippen LogP contribution in [0.25, 0.3) is 10.9 Å². The highest BCUT2D eigenvalue weighted by Gasteiger charge is 2.08. The first kappa shape index (κ1) is 12.5. The Morgan fingerprint density at radius 3 is 2.71 bits per heavy atom. The first-order valence-electron chi connectivity index (χ1n) is 6.23. The van der Waals surface area contributed by atoms with Crippen molar-refractivity contribution < 1.29 is 0 Å². The molecule has 0 saturated carbocycles. The van der Waals surface area contributed by atoms with Crippen LogP contribution in [0.4, 0.5) is 0 Å². The van der Waals surface area contributed by atoms with Crippen LogP contribution in [0.1, 0.15) is 19.4 Å². The molecule has 1 aromatic carbocycles. The lowest BCUT2D eigenvalue weighted by molar-refractivity contribution is 0.308. The van der Waals surface area contributed by atoms with Gasteiger partial charge >= 0.3 is 0 Å². The van der Waals surface area contributed by atoms with Gasteiger partial charge in [0.1, 0.15) is 0 Å². The van der Waals surface area contributed by atoms with Crippen LogP contribution in [0.15, 0.2) is 24.4 Å². The topological polar surface area (TPSA) is 19.0 Å². The molecular formula is C14H19ClN2. The molecule has 0 bridgehead atoms. The number of nitrogens with zero attached hydrogens (tertiary/aromatic N) is 1. The lowest BCUT2D eigenvalue weighted by Crippen LogP contribution is -2.25. The van der Waals surface area contributed by atoms with Crippen molar-refractivity contribution in [2.45, 2.75) is 20.3 Å². The predicted molar refractivity (Wildman–Crippen MR) is 74.8 cm³/mol. The second-order valence-electron chi connectivity index (χ2n) is 4.25. The molecule has 0 aliphatic heterocycles. The van der Waals surface area contributed by atoms with Gasteiger partial charge in [0, 0.05) is 23.6 Å². The van der Waals surface area contributed by atoms with Crippen LogP contribution >= 0.6 is 11.6 Å². The molecule has 1 aromatic heterocycles. The Hall–Kier alpha value is -0.990. The van der Waals surface area contributed by atoms with Crippen LogP contribution in [-0.4, -0.2) is 29.5 Å². The molecule has 0 amide bonds. The van der Waals surface area contributed by atoms with Crippen molar-refractivity contribution in [3.63, 3.8) is 0 Å². The van der Waals surface area contributed by atoms with E-state index in [0.717, 1.165) is 36.6 Å². The molecule has 3 heteroatoms. The van der Waals surface area contributed by atoms with Crippen molar-refractivity contribution in [3.8, 4) is 0 Å². The number of likely N-dealkylation sites (N-methyl/N-ethyl adjacent to an activating group) is 1. The molecule has 0 fully saturated rings. The molecule has 0 aliphatic rings. The van der Waals surface area contributed by atoms with Gasteiger partial charge in [-0.05, 0) is 37.2 Å². The third-order valence-electron chi connectivity index (χ3n) is 3.33. The van der Waals surface area contributed by atoms with Crippen molar-refractivity contribution in [1.82, 2.24) is 9.88 Å². The van der Waals surface area contributed by atoms with Gasteiger partial charge in [0.15, 0.2) is 0 Å². The van der Waals surface area contributed by atoms with Gasteiger partial charge in [-0.1, -0.05) is 31.5 Å². The summed E-state index contributed by atoms with van der Waals surface area (Å²) in [6, 6.07) is 6.01. The molecule has 92 valence electrons. The maximum Gasteiger partial charge on any atom is 0.0502 e. The van der Waals surface area contributed by atoms with E-state index in [2.05, 4.69) is 36.0 Å². The van der Waals surface area contributed by atoms with Crippen molar-refractivity contribution in [2.75, 3.05) is 19.6 Å². The van der Waals surface area contributed by atoms with Crippen LogP contribution in [-0.2, 0) is 6.42 Å². The minimum absolute atomic E-state index is 0.846. The minimum Gasteiger partial charge on any atom is -0.361 e. The van der Waals surface area contributed by atoms with Gasteiger partial charge in [-0.2, -0.15) is 0 Å². The summed E-state index contributed by atoms with van der Waals surface area (Å²) < 4.78 is 0. The summed E-state index contributed by atoms with van der Waals surface area (Å²) in [5.41, 5.74) is 2.45. The maximum absolute atomic E-state index is 6.25. The molecule has 1 N–H and O–H groups in total. The Labute approximate surface area is 108 Å². The van der Waals surface area contributed by atoms with Gasteiger partial charge in [0.25, 0.3) is 0 Å². The number of fused-ring (bicyclic) bond motifs is 1. The Balaban J connectivity index is 2.19. The molecule has 2 aromatic rings. The van der Waals surface area contributed by atoms with E-state index in [0.29, 0.717) is 0 Å². The van der Waals surface area contributed by atoms with Gasteiger partial charge in [0.2, 0.25) is 0 Å². The van der Waals surface area contributed by atoms with Crippen LogP contribution in [0.5, 0.6) is 0 Å². The number of halogens is 1. The van der Waals surface area contributed by atoms with Gasteiger partial charge in [-0.3, -0.25) is 0 Å². The summed E-state index contributed by atoms with van der Waals surface area (Å²) in [5.74, 6) is 0. The fraction of sp³-hybridized carbons (Fsp3) is 0.429. The zero-order valence-corrected chi connectivity index (χ0v) is 11.2. The first-order chi connectivity index (χ1) is 8.26. The fourth-order valence-electron chi connectivity index (χ4n) is 2.22. The summed E-state index contributed by atoms with van der Waals surface area (Å²) in [7, 11) is 0. The standard InChI is InChI=1S/C14H19ClN2/c1-3-17(4-2)9-8-11-10-16-13-7-5-6-12(15)14(11)13/h5-7,10,16H,3-4,8-9H2,1-2H3. The Kier molecular flexibility index (Phi) is 4.08. The third-order valence-corrected chi connectivity index (χ3v) is 3.64. The molecule has 1 heterocycles. The predicted octanol–water partition coefficient (Wildman–Crippen LogP) is 3.71. The SMILES string of the molecule is CCN(CC)CCc1c[nH]c2cccc(Cl)c12. The lowest BCUT2D eigenvalue weighted by atomic mass is 10.1. The highest BCUT2D eigenvalue weighted by atomic mass is 35.5. The van der Waals surface area contributed by atoms with Crippen LogP contribution in [0.2, 0.25) is 5.02 Å². The quantitative estimate of drug-likeness (QED) is 0.857. The van der Waals surface area contributed by atoms with E-state index in [1.807, 2.05) is 12.1 Å². The van der Waals surface area contributed by atoms with Gasteiger partial charge in [-0.15, -0.1) is 0 Å². The molecule has 17 heavy (non-hydrogen) atoms. The first-order valence-corrected chi connectivity index (χ1v) is 6.60. The zero-order valence-electron chi connectivity index (χ0n) is 10.5. The summed E-state index contributed by atoms with van der Waals surface area (Å²) in [5, 5.41) is 2.03.